The monoisotopic (exact) mass is 599 g/mol. The number of ether oxygens (including phenoxy) is 2. The maximum absolute atomic E-state index is 14.1. The zero-order chi connectivity index (χ0) is 30.9. The van der Waals surface area contributed by atoms with Crippen molar-refractivity contribution in [3.8, 4) is 11.5 Å². The summed E-state index contributed by atoms with van der Waals surface area (Å²) in [5.74, 6) is -0.699. The topological polar surface area (TPSA) is 105 Å². The third-order valence-electron chi connectivity index (χ3n) is 6.93. The van der Waals surface area contributed by atoms with Gasteiger partial charge in [-0.15, -0.1) is 0 Å². The summed E-state index contributed by atoms with van der Waals surface area (Å²) in [6, 6.07) is 16.9. The van der Waals surface area contributed by atoms with Gasteiger partial charge in [-0.05, 0) is 73.9 Å². The van der Waals surface area contributed by atoms with Gasteiger partial charge in [0.25, 0.3) is 10.0 Å². The molecule has 0 bridgehead atoms. The van der Waals surface area contributed by atoms with Crippen molar-refractivity contribution in [2.45, 2.75) is 57.1 Å². The molecule has 226 valence electrons. The molecule has 42 heavy (non-hydrogen) atoms. The number of nitrogens with one attached hydrogen (secondary N) is 1. The molecule has 2 atom stereocenters. The molecule has 11 heteroatoms. The minimum Gasteiger partial charge on any atom is -0.497 e. The molecular weight excluding hydrogens is 561 g/mol. The number of rotatable bonds is 14. The number of benzene rings is 3. The first-order valence-electron chi connectivity index (χ1n) is 13.7. The Labute approximate surface area is 247 Å². The molecule has 0 aliphatic heterocycles. The molecule has 0 saturated carbocycles. The molecule has 3 aromatic carbocycles. The summed E-state index contributed by atoms with van der Waals surface area (Å²) in [5.41, 5.74) is 0.740. The lowest BCUT2D eigenvalue weighted by Gasteiger charge is -2.34. The Morgan fingerprint density at radius 1 is 0.905 bits per heavy atom. The molecule has 0 spiro atoms. The van der Waals surface area contributed by atoms with Gasteiger partial charge in [0.15, 0.2) is 0 Å². The summed E-state index contributed by atoms with van der Waals surface area (Å²) in [6.07, 6.45) is 0.963. The first-order chi connectivity index (χ1) is 20.0. The first kappa shape index (κ1) is 32.4. The molecule has 3 rings (SSSR count). The SMILES string of the molecule is CC[C@H](C)NC(=O)[C@H](CC)N(Cc1ccc(F)cc1)C(=O)CN(c1ccccc1OC)S(=O)(=O)c1ccc(OC)cc1. The van der Waals surface area contributed by atoms with Gasteiger partial charge in [-0.3, -0.25) is 13.9 Å². The number of nitrogens with zero attached hydrogens (tertiary/aromatic N) is 2. The van der Waals surface area contributed by atoms with E-state index in [1.165, 1.54) is 67.7 Å². The van der Waals surface area contributed by atoms with Crippen molar-refractivity contribution >= 4 is 27.5 Å². The van der Waals surface area contributed by atoms with Crippen molar-refractivity contribution in [3.63, 3.8) is 0 Å². The molecule has 0 heterocycles. The van der Waals surface area contributed by atoms with Crippen molar-refractivity contribution in [1.82, 2.24) is 10.2 Å². The molecule has 0 aliphatic carbocycles. The van der Waals surface area contributed by atoms with E-state index in [0.29, 0.717) is 17.7 Å². The largest absolute Gasteiger partial charge is 0.497 e. The number of carbonyl (C=O) groups excluding carboxylic acids is 2. The lowest BCUT2D eigenvalue weighted by Crippen LogP contribution is -2.53. The Balaban J connectivity index is 2.09. The van der Waals surface area contributed by atoms with E-state index in [0.717, 1.165) is 4.31 Å². The second-order valence-corrected chi connectivity index (χ2v) is 11.6. The van der Waals surface area contributed by atoms with Crippen molar-refractivity contribution in [2.24, 2.45) is 0 Å². The Morgan fingerprint density at radius 2 is 1.55 bits per heavy atom. The molecule has 1 N–H and O–H groups in total. The minimum atomic E-state index is -4.29. The summed E-state index contributed by atoms with van der Waals surface area (Å²) >= 11 is 0. The minimum absolute atomic E-state index is 0.0338. The van der Waals surface area contributed by atoms with E-state index in [1.54, 1.807) is 31.2 Å². The number of anilines is 1. The third kappa shape index (κ3) is 7.79. The second-order valence-electron chi connectivity index (χ2n) is 9.75. The smallest absolute Gasteiger partial charge is 0.264 e. The standard InChI is InChI=1S/C31H38FN3O6S/c1-6-22(3)33-31(37)27(7-2)34(20-23-12-14-24(32)15-13-23)30(36)21-35(28-10-8-9-11-29(28)41-5)42(38,39)26-18-16-25(40-4)17-19-26/h8-19,22,27H,6-7,20-21H2,1-5H3,(H,33,37)/t22-,27-/m0/s1. The van der Waals surface area contributed by atoms with Crippen molar-refractivity contribution in [2.75, 3.05) is 25.1 Å². The number of sulfonamides is 1. The fourth-order valence-corrected chi connectivity index (χ4v) is 5.80. The second kappa shape index (κ2) is 14.7. The quantitative estimate of drug-likeness (QED) is 0.287. The first-order valence-corrected chi connectivity index (χ1v) is 15.1. The number of carbonyl (C=O) groups is 2. The van der Waals surface area contributed by atoms with Crippen LogP contribution in [0.1, 0.15) is 39.2 Å². The highest BCUT2D eigenvalue weighted by Gasteiger charge is 2.35. The number of halogens is 1. The molecule has 3 aromatic rings. The summed E-state index contributed by atoms with van der Waals surface area (Å²) in [4.78, 5) is 28.8. The van der Waals surface area contributed by atoms with Gasteiger partial charge in [0.05, 0.1) is 24.8 Å². The van der Waals surface area contributed by atoms with E-state index in [-0.39, 0.29) is 41.2 Å². The Hall–Kier alpha value is -4.12. The maximum Gasteiger partial charge on any atom is 0.264 e. The maximum atomic E-state index is 14.1. The summed E-state index contributed by atoms with van der Waals surface area (Å²) < 4.78 is 53.4. The Kier molecular flexibility index (Phi) is 11.3. The van der Waals surface area contributed by atoms with Gasteiger partial charge in [0, 0.05) is 12.6 Å². The molecule has 0 unspecified atom stereocenters. The number of methoxy groups -OCH3 is 2. The van der Waals surface area contributed by atoms with Gasteiger partial charge in [-0.25, -0.2) is 12.8 Å². The zero-order valence-electron chi connectivity index (χ0n) is 24.5. The van der Waals surface area contributed by atoms with Crippen molar-refractivity contribution in [1.29, 1.82) is 0 Å². The van der Waals surface area contributed by atoms with Gasteiger partial charge in [0.1, 0.15) is 29.9 Å². The van der Waals surface area contributed by atoms with Gasteiger partial charge in [-0.2, -0.15) is 0 Å². The molecule has 2 amide bonds. The van der Waals surface area contributed by atoms with Gasteiger partial charge >= 0.3 is 0 Å². The average molecular weight is 600 g/mol. The number of amides is 2. The van der Waals surface area contributed by atoms with E-state index in [2.05, 4.69) is 5.32 Å². The van der Waals surface area contributed by atoms with E-state index < -0.39 is 34.3 Å². The van der Waals surface area contributed by atoms with Gasteiger partial charge < -0.3 is 19.7 Å². The summed E-state index contributed by atoms with van der Waals surface area (Å²) in [6.45, 7) is 4.92. The number of hydrogen-bond donors (Lipinski definition) is 1. The highest BCUT2D eigenvalue weighted by molar-refractivity contribution is 7.92. The lowest BCUT2D eigenvalue weighted by molar-refractivity contribution is -0.140. The normalized spacial score (nSPS) is 12.6. The molecule has 0 fully saturated rings. The van der Waals surface area contributed by atoms with Crippen molar-refractivity contribution < 1.29 is 31.9 Å². The Bertz CT molecular complexity index is 1450. The predicted molar refractivity (Wildman–Crippen MR) is 159 cm³/mol. The van der Waals surface area contributed by atoms with E-state index >= 15 is 0 Å². The van der Waals surface area contributed by atoms with E-state index in [4.69, 9.17) is 9.47 Å². The molecule has 0 aliphatic rings. The van der Waals surface area contributed by atoms with Crippen LogP contribution in [0.5, 0.6) is 11.5 Å². The molecule has 9 nitrogen and oxygen atoms in total. The highest BCUT2D eigenvalue weighted by Crippen LogP contribution is 2.33. The fourth-order valence-electron chi connectivity index (χ4n) is 4.37. The molecular formula is C31H38FN3O6S. The van der Waals surface area contributed by atoms with Crippen LogP contribution in [0.15, 0.2) is 77.7 Å². The van der Waals surface area contributed by atoms with Gasteiger partial charge in [0.2, 0.25) is 11.8 Å². The predicted octanol–water partition coefficient (Wildman–Crippen LogP) is 4.76. The van der Waals surface area contributed by atoms with Crippen LogP contribution in [-0.2, 0) is 26.2 Å². The van der Waals surface area contributed by atoms with E-state index in [1.807, 2.05) is 13.8 Å². The average Bonchev–Trinajstić information content (AvgIpc) is 3.00. The van der Waals surface area contributed by atoms with Crippen LogP contribution in [-0.4, -0.2) is 58.0 Å². The van der Waals surface area contributed by atoms with Crippen LogP contribution in [0, 0.1) is 5.82 Å². The lowest BCUT2D eigenvalue weighted by atomic mass is 10.1. The molecule has 0 aromatic heterocycles. The van der Waals surface area contributed by atoms with Gasteiger partial charge in [-0.1, -0.05) is 38.1 Å². The van der Waals surface area contributed by atoms with Crippen LogP contribution < -0.4 is 19.1 Å². The van der Waals surface area contributed by atoms with E-state index in [9.17, 15) is 22.4 Å². The van der Waals surface area contributed by atoms with Crippen LogP contribution in [0.2, 0.25) is 0 Å². The van der Waals surface area contributed by atoms with Crippen LogP contribution in [0.25, 0.3) is 0 Å². The molecule has 0 radical (unpaired) electrons. The summed E-state index contributed by atoms with van der Waals surface area (Å²) in [7, 11) is -1.41. The number of para-hydroxylation sites is 2. The van der Waals surface area contributed by atoms with Crippen LogP contribution in [0.4, 0.5) is 10.1 Å². The highest BCUT2D eigenvalue weighted by atomic mass is 32.2. The van der Waals surface area contributed by atoms with Crippen molar-refractivity contribution in [3.05, 3.63) is 84.2 Å². The zero-order valence-corrected chi connectivity index (χ0v) is 25.4. The summed E-state index contributed by atoms with van der Waals surface area (Å²) in [5, 5.41) is 2.92. The fraction of sp³-hybridized carbons (Fsp3) is 0.355. The third-order valence-corrected chi connectivity index (χ3v) is 8.71. The number of hydrogen-bond acceptors (Lipinski definition) is 6. The molecule has 0 saturated heterocycles. The van der Waals surface area contributed by atoms with Crippen LogP contribution >= 0.6 is 0 Å². The Morgan fingerprint density at radius 3 is 2.12 bits per heavy atom. The van der Waals surface area contributed by atoms with Crippen LogP contribution in [0.3, 0.4) is 0 Å².